The summed E-state index contributed by atoms with van der Waals surface area (Å²) in [4.78, 5) is 47.1. The Morgan fingerprint density at radius 2 is 2.09 bits per heavy atom. The summed E-state index contributed by atoms with van der Waals surface area (Å²) < 4.78 is 47.5. The molecule has 0 saturated carbocycles. The number of esters is 1. The standard InChI is InChI=1S/C21H26FN2O9P.H2/c1-2-3-10-30-20(26)16-7-5-4-6-14(16)12-31-34(28,29)32-13-15-8-9-18(33-15)24-11-17(22)19(25)23-21(24)27;/h4-7,11,15,18H,2-3,8-10,12-13H2,1H3,(H,28,29)(H,23,25,27);1H/t15-,18+;/m0./s1. The van der Waals surface area contributed by atoms with Crippen molar-refractivity contribution in [2.75, 3.05) is 13.2 Å². The van der Waals surface area contributed by atoms with E-state index in [-0.39, 0.29) is 26.8 Å². The third kappa shape index (κ3) is 6.94. The number of aromatic nitrogens is 2. The van der Waals surface area contributed by atoms with Gasteiger partial charge in [0.05, 0.1) is 37.7 Å². The lowest BCUT2D eigenvalue weighted by atomic mass is 10.1. The number of nitrogens with one attached hydrogen (secondary N) is 1. The van der Waals surface area contributed by atoms with E-state index in [1.807, 2.05) is 11.9 Å². The minimum atomic E-state index is -4.51. The van der Waals surface area contributed by atoms with E-state index >= 15 is 0 Å². The van der Waals surface area contributed by atoms with Crippen LogP contribution in [0.3, 0.4) is 0 Å². The fraction of sp³-hybridized carbons (Fsp3) is 0.476. The first-order chi connectivity index (χ1) is 16.2. The number of aromatic amines is 1. The highest BCUT2D eigenvalue weighted by Gasteiger charge is 2.31. The van der Waals surface area contributed by atoms with Crippen LogP contribution in [0.1, 0.15) is 56.2 Å². The molecule has 1 aliphatic rings. The third-order valence-electron chi connectivity index (χ3n) is 5.09. The van der Waals surface area contributed by atoms with Crippen molar-refractivity contribution in [1.29, 1.82) is 0 Å². The fourth-order valence-corrected chi connectivity index (χ4v) is 4.02. The number of halogens is 1. The summed E-state index contributed by atoms with van der Waals surface area (Å²) in [5, 5.41) is 0. The zero-order valence-corrected chi connectivity index (χ0v) is 19.4. The SMILES string of the molecule is CCCCOC(=O)c1ccccc1COP(=O)(O)OC[C@@H]1CC[C@H](n2cc(F)c(=O)[nH]c2=O)O1.[HH]. The molecule has 0 spiro atoms. The zero-order valence-electron chi connectivity index (χ0n) is 18.5. The van der Waals surface area contributed by atoms with Crippen LogP contribution in [-0.4, -0.2) is 39.7 Å². The minimum absolute atomic E-state index is 0. The summed E-state index contributed by atoms with van der Waals surface area (Å²) in [5.74, 6) is -1.69. The monoisotopic (exact) mass is 502 g/mol. The Kier molecular flexibility index (Phi) is 8.92. The Hall–Kier alpha value is -2.63. The first-order valence-electron chi connectivity index (χ1n) is 10.7. The molecule has 2 heterocycles. The van der Waals surface area contributed by atoms with Crippen molar-refractivity contribution in [3.05, 3.63) is 68.2 Å². The lowest BCUT2D eigenvalue weighted by molar-refractivity contribution is -0.0267. The van der Waals surface area contributed by atoms with E-state index in [4.69, 9.17) is 18.5 Å². The first kappa shape index (κ1) is 26.0. The van der Waals surface area contributed by atoms with Crippen molar-refractivity contribution in [2.45, 2.75) is 51.5 Å². The largest absolute Gasteiger partial charge is 0.472 e. The van der Waals surface area contributed by atoms with Crippen LogP contribution < -0.4 is 11.2 Å². The second-order valence-corrected chi connectivity index (χ2v) is 9.07. The molecule has 188 valence electrons. The molecule has 0 bridgehead atoms. The molecule has 1 fully saturated rings. The van der Waals surface area contributed by atoms with E-state index < -0.39 is 43.2 Å². The molecule has 2 aromatic rings. The Labute approximate surface area is 195 Å². The molecule has 2 N–H and O–H groups in total. The molecule has 3 atom stereocenters. The van der Waals surface area contributed by atoms with Gasteiger partial charge >= 0.3 is 19.5 Å². The highest BCUT2D eigenvalue weighted by atomic mass is 31.2. The number of ether oxygens (including phenoxy) is 2. The van der Waals surface area contributed by atoms with Crippen LogP contribution in [0.4, 0.5) is 4.39 Å². The average Bonchev–Trinajstić information content (AvgIpc) is 3.28. The normalized spacial score (nSPS) is 19.6. The van der Waals surface area contributed by atoms with E-state index in [1.165, 1.54) is 6.07 Å². The van der Waals surface area contributed by atoms with Crippen molar-refractivity contribution in [1.82, 2.24) is 9.55 Å². The van der Waals surface area contributed by atoms with Crippen molar-refractivity contribution in [3.8, 4) is 0 Å². The summed E-state index contributed by atoms with van der Waals surface area (Å²) >= 11 is 0. The van der Waals surface area contributed by atoms with Gasteiger partial charge in [0.15, 0.2) is 0 Å². The number of carbonyl (C=O) groups is 1. The third-order valence-corrected chi connectivity index (χ3v) is 6.03. The van der Waals surface area contributed by atoms with Gasteiger partial charge in [0.25, 0.3) is 5.56 Å². The molecule has 1 aromatic carbocycles. The van der Waals surface area contributed by atoms with Gasteiger partial charge < -0.3 is 14.4 Å². The molecule has 1 saturated heterocycles. The molecule has 34 heavy (non-hydrogen) atoms. The summed E-state index contributed by atoms with van der Waals surface area (Å²) in [5.41, 5.74) is -1.38. The maximum absolute atomic E-state index is 13.5. The van der Waals surface area contributed by atoms with Crippen LogP contribution in [0, 0.1) is 5.82 Å². The molecule has 11 nitrogen and oxygen atoms in total. The zero-order chi connectivity index (χ0) is 24.7. The fourth-order valence-electron chi connectivity index (χ4n) is 3.29. The second-order valence-electron chi connectivity index (χ2n) is 7.62. The molecule has 0 aliphatic carbocycles. The van der Waals surface area contributed by atoms with Gasteiger partial charge in [0.1, 0.15) is 6.23 Å². The number of hydrogen-bond donors (Lipinski definition) is 2. The Balaban J connectivity index is 0.00000432. The topological polar surface area (TPSA) is 146 Å². The summed E-state index contributed by atoms with van der Waals surface area (Å²) in [6.07, 6.45) is 1.45. The minimum Gasteiger partial charge on any atom is -0.462 e. The molecule has 0 radical (unpaired) electrons. The van der Waals surface area contributed by atoms with Gasteiger partial charge in [-0.05, 0) is 30.9 Å². The van der Waals surface area contributed by atoms with Gasteiger partial charge in [-0.15, -0.1) is 0 Å². The van der Waals surface area contributed by atoms with Crippen LogP contribution in [0.25, 0.3) is 0 Å². The van der Waals surface area contributed by atoms with Crippen molar-refractivity contribution in [2.24, 2.45) is 0 Å². The van der Waals surface area contributed by atoms with Gasteiger partial charge in [0, 0.05) is 1.43 Å². The average molecular weight is 502 g/mol. The van der Waals surface area contributed by atoms with Gasteiger partial charge in [-0.2, -0.15) is 4.39 Å². The van der Waals surface area contributed by atoms with Gasteiger partial charge in [-0.3, -0.25) is 23.4 Å². The number of nitrogens with zero attached hydrogens (tertiary/aromatic N) is 1. The molecule has 1 unspecified atom stereocenters. The van der Waals surface area contributed by atoms with E-state index in [2.05, 4.69) is 0 Å². The van der Waals surface area contributed by atoms with Crippen LogP contribution in [0.15, 0.2) is 40.1 Å². The number of carbonyl (C=O) groups excluding carboxylic acids is 1. The van der Waals surface area contributed by atoms with Crippen molar-refractivity contribution in [3.63, 3.8) is 0 Å². The van der Waals surface area contributed by atoms with E-state index in [9.17, 15) is 28.2 Å². The Morgan fingerprint density at radius 1 is 1.32 bits per heavy atom. The Morgan fingerprint density at radius 3 is 2.85 bits per heavy atom. The summed E-state index contributed by atoms with van der Waals surface area (Å²) in [6.45, 7) is 1.54. The van der Waals surface area contributed by atoms with Gasteiger partial charge in [-0.25, -0.2) is 14.2 Å². The smallest absolute Gasteiger partial charge is 0.462 e. The predicted molar refractivity (Wildman–Crippen MR) is 119 cm³/mol. The molecular weight excluding hydrogens is 474 g/mol. The molecule has 1 aromatic heterocycles. The van der Waals surface area contributed by atoms with Crippen LogP contribution >= 0.6 is 7.82 Å². The van der Waals surface area contributed by atoms with Crippen LogP contribution in [0.5, 0.6) is 0 Å². The number of phosphoric ester groups is 1. The summed E-state index contributed by atoms with van der Waals surface area (Å²) in [6, 6.07) is 6.40. The van der Waals surface area contributed by atoms with Crippen LogP contribution in [-0.2, 0) is 29.7 Å². The van der Waals surface area contributed by atoms with Crippen molar-refractivity contribution >= 4 is 13.8 Å². The lowest BCUT2D eigenvalue weighted by Gasteiger charge is -2.18. The maximum atomic E-state index is 13.5. The molecule has 13 heteroatoms. The predicted octanol–water partition coefficient (Wildman–Crippen LogP) is 2.89. The number of rotatable bonds is 11. The molecule has 1 aliphatic heterocycles. The van der Waals surface area contributed by atoms with Gasteiger partial charge in [0.2, 0.25) is 5.82 Å². The number of hydrogen-bond acceptors (Lipinski definition) is 8. The highest BCUT2D eigenvalue weighted by molar-refractivity contribution is 7.47. The molecule has 3 rings (SSSR count). The van der Waals surface area contributed by atoms with Crippen molar-refractivity contribution < 1.29 is 38.6 Å². The second kappa shape index (κ2) is 11.7. The number of unbranched alkanes of at least 4 members (excludes halogenated alkanes) is 1. The number of benzene rings is 1. The quantitative estimate of drug-likeness (QED) is 0.269. The Bertz CT molecular complexity index is 1170. The van der Waals surface area contributed by atoms with E-state index in [0.717, 1.165) is 23.6 Å². The van der Waals surface area contributed by atoms with Gasteiger partial charge in [-0.1, -0.05) is 31.5 Å². The van der Waals surface area contributed by atoms with E-state index in [1.54, 1.807) is 18.2 Å². The summed E-state index contributed by atoms with van der Waals surface area (Å²) in [7, 11) is -4.51. The first-order valence-corrected chi connectivity index (χ1v) is 12.2. The molecule has 0 amide bonds. The number of H-pyrrole nitrogens is 1. The maximum Gasteiger partial charge on any atom is 0.472 e. The highest BCUT2D eigenvalue weighted by Crippen LogP contribution is 2.45. The van der Waals surface area contributed by atoms with E-state index in [0.29, 0.717) is 18.4 Å². The molecular formula is C21H28FN2O9P. The number of phosphoric acid groups is 1. The van der Waals surface area contributed by atoms with Crippen LogP contribution in [0.2, 0.25) is 0 Å². The lowest BCUT2D eigenvalue weighted by Crippen LogP contribution is -2.34.